The minimum absolute atomic E-state index is 0.447. The fourth-order valence-electron chi connectivity index (χ4n) is 0.803. The summed E-state index contributed by atoms with van der Waals surface area (Å²) < 4.78 is 0. The number of rotatable bonds is 3. The minimum Gasteiger partial charge on any atom is -0.480 e. The zero-order valence-electron chi connectivity index (χ0n) is 8.27. The van der Waals surface area contributed by atoms with Gasteiger partial charge in [0.15, 0.2) is 5.13 Å². The van der Waals surface area contributed by atoms with Crippen LogP contribution in [0.1, 0.15) is 12.6 Å². The van der Waals surface area contributed by atoms with Gasteiger partial charge in [0.05, 0.1) is 5.69 Å². The number of nitrogens with zero attached hydrogens (tertiary/aromatic N) is 1. The van der Waals surface area contributed by atoms with E-state index < -0.39 is 18.0 Å². The van der Waals surface area contributed by atoms with Crippen molar-refractivity contribution in [1.82, 2.24) is 10.3 Å². The van der Waals surface area contributed by atoms with Gasteiger partial charge in [0.2, 0.25) is 0 Å². The van der Waals surface area contributed by atoms with Gasteiger partial charge in [0.25, 0.3) is 0 Å². The van der Waals surface area contributed by atoms with Crippen molar-refractivity contribution in [1.29, 1.82) is 0 Å². The van der Waals surface area contributed by atoms with E-state index in [4.69, 9.17) is 5.11 Å². The minimum atomic E-state index is -1.08. The Balaban J connectivity index is 2.46. The number of urea groups is 1. The number of aromatic nitrogens is 1. The molecule has 1 aromatic heterocycles. The van der Waals surface area contributed by atoms with Crippen LogP contribution in [0.4, 0.5) is 9.93 Å². The summed E-state index contributed by atoms with van der Waals surface area (Å²) in [6.07, 6.45) is 0. The number of carbonyl (C=O) groups excluding carboxylic acids is 1. The topological polar surface area (TPSA) is 91.3 Å². The highest BCUT2D eigenvalue weighted by Crippen LogP contribution is 2.13. The molecule has 0 aliphatic heterocycles. The second-order valence-electron chi connectivity index (χ2n) is 2.95. The molecule has 82 valence electrons. The van der Waals surface area contributed by atoms with E-state index in [1.165, 1.54) is 18.3 Å². The highest BCUT2D eigenvalue weighted by molar-refractivity contribution is 7.13. The highest BCUT2D eigenvalue weighted by atomic mass is 32.1. The molecule has 1 heterocycles. The molecule has 0 saturated heterocycles. The van der Waals surface area contributed by atoms with Crippen LogP contribution in [0.5, 0.6) is 0 Å². The van der Waals surface area contributed by atoms with E-state index in [0.29, 0.717) is 5.13 Å². The van der Waals surface area contributed by atoms with Gasteiger partial charge in [-0.1, -0.05) is 0 Å². The Bertz CT molecular complexity index is 377. The predicted octanol–water partition coefficient (Wildman–Crippen LogP) is 1.05. The third-order valence-corrected chi connectivity index (χ3v) is 2.43. The maximum atomic E-state index is 11.2. The Morgan fingerprint density at radius 3 is 2.73 bits per heavy atom. The van der Waals surface area contributed by atoms with Crippen LogP contribution in [0.15, 0.2) is 5.38 Å². The Labute approximate surface area is 90.3 Å². The summed E-state index contributed by atoms with van der Waals surface area (Å²) in [7, 11) is 0. The van der Waals surface area contributed by atoms with Gasteiger partial charge in [-0.15, -0.1) is 11.3 Å². The van der Waals surface area contributed by atoms with Gasteiger partial charge < -0.3 is 10.4 Å². The molecule has 0 aliphatic rings. The average molecular weight is 229 g/mol. The van der Waals surface area contributed by atoms with Crippen LogP contribution < -0.4 is 10.6 Å². The largest absolute Gasteiger partial charge is 0.480 e. The van der Waals surface area contributed by atoms with Gasteiger partial charge >= 0.3 is 12.0 Å². The van der Waals surface area contributed by atoms with Gasteiger partial charge in [0, 0.05) is 5.38 Å². The van der Waals surface area contributed by atoms with E-state index in [0.717, 1.165) is 5.69 Å². The van der Waals surface area contributed by atoms with Crippen molar-refractivity contribution in [3.05, 3.63) is 11.1 Å². The van der Waals surface area contributed by atoms with Crippen molar-refractivity contribution in [2.45, 2.75) is 19.9 Å². The molecule has 6 nitrogen and oxygen atoms in total. The van der Waals surface area contributed by atoms with E-state index in [1.807, 2.05) is 0 Å². The molecule has 2 amide bonds. The molecule has 0 radical (unpaired) electrons. The maximum Gasteiger partial charge on any atom is 0.325 e. The molecule has 0 saturated carbocycles. The lowest BCUT2D eigenvalue weighted by molar-refractivity contribution is -0.138. The van der Waals surface area contributed by atoms with Crippen molar-refractivity contribution in [3.63, 3.8) is 0 Å². The smallest absolute Gasteiger partial charge is 0.325 e. The summed E-state index contributed by atoms with van der Waals surface area (Å²) in [5.41, 5.74) is 0.807. The van der Waals surface area contributed by atoms with E-state index in [2.05, 4.69) is 15.6 Å². The third kappa shape index (κ3) is 3.55. The molecule has 1 atom stereocenters. The lowest BCUT2D eigenvalue weighted by Gasteiger charge is -2.08. The zero-order chi connectivity index (χ0) is 11.4. The summed E-state index contributed by atoms with van der Waals surface area (Å²) in [5.74, 6) is -1.08. The number of thiazole rings is 1. The normalized spacial score (nSPS) is 11.9. The van der Waals surface area contributed by atoms with Crippen LogP contribution in [-0.4, -0.2) is 28.1 Å². The number of carboxylic acids is 1. The SMILES string of the molecule is Cc1csc(NC(=O)N[C@H](C)C(=O)O)n1. The van der Waals surface area contributed by atoms with Gasteiger partial charge in [-0.3, -0.25) is 10.1 Å². The molecule has 0 aromatic carbocycles. The van der Waals surface area contributed by atoms with Crippen molar-refractivity contribution in [3.8, 4) is 0 Å². The molecular formula is C8H11N3O3S. The fraction of sp³-hybridized carbons (Fsp3) is 0.375. The van der Waals surface area contributed by atoms with Crippen LogP contribution >= 0.6 is 11.3 Å². The van der Waals surface area contributed by atoms with Crippen LogP contribution in [0.2, 0.25) is 0 Å². The molecular weight excluding hydrogens is 218 g/mol. The van der Waals surface area contributed by atoms with Gasteiger partial charge in [-0.05, 0) is 13.8 Å². The highest BCUT2D eigenvalue weighted by Gasteiger charge is 2.14. The van der Waals surface area contributed by atoms with Crippen molar-refractivity contribution in [2.75, 3.05) is 5.32 Å². The Kier molecular flexibility index (Phi) is 3.62. The first-order valence-corrected chi connectivity index (χ1v) is 5.09. The first-order chi connectivity index (χ1) is 6.99. The Morgan fingerprint density at radius 1 is 1.60 bits per heavy atom. The quantitative estimate of drug-likeness (QED) is 0.722. The summed E-state index contributed by atoms with van der Waals surface area (Å²) in [6, 6.07) is -1.50. The van der Waals surface area contributed by atoms with Gasteiger partial charge in [-0.25, -0.2) is 9.78 Å². The predicted molar refractivity (Wildman–Crippen MR) is 56.1 cm³/mol. The summed E-state index contributed by atoms with van der Waals surface area (Å²) in [4.78, 5) is 25.7. The molecule has 0 spiro atoms. The first-order valence-electron chi connectivity index (χ1n) is 4.21. The first kappa shape index (κ1) is 11.4. The molecule has 3 N–H and O–H groups in total. The van der Waals surface area contributed by atoms with Crippen LogP contribution in [0.3, 0.4) is 0 Å². The number of carboxylic acid groups (broad SMARTS) is 1. The molecule has 0 aliphatic carbocycles. The molecule has 1 rings (SSSR count). The Morgan fingerprint density at radius 2 is 2.27 bits per heavy atom. The third-order valence-electron chi connectivity index (χ3n) is 1.56. The fourth-order valence-corrected chi connectivity index (χ4v) is 1.49. The second kappa shape index (κ2) is 4.74. The van der Waals surface area contributed by atoms with E-state index >= 15 is 0 Å². The van der Waals surface area contributed by atoms with E-state index in [-0.39, 0.29) is 0 Å². The second-order valence-corrected chi connectivity index (χ2v) is 3.81. The van der Waals surface area contributed by atoms with Crippen LogP contribution in [-0.2, 0) is 4.79 Å². The lowest BCUT2D eigenvalue weighted by Crippen LogP contribution is -2.40. The van der Waals surface area contributed by atoms with Crippen LogP contribution in [0.25, 0.3) is 0 Å². The molecule has 15 heavy (non-hydrogen) atoms. The Hall–Kier alpha value is -1.63. The number of anilines is 1. The van der Waals surface area contributed by atoms with E-state index in [1.54, 1.807) is 12.3 Å². The number of hydrogen-bond donors (Lipinski definition) is 3. The number of carbonyl (C=O) groups is 2. The average Bonchev–Trinajstić information content (AvgIpc) is 2.50. The number of nitrogens with one attached hydrogen (secondary N) is 2. The molecule has 0 unspecified atom stereocenters. The standard InChI is InChI=1S/C8H11N3O3S/c1-4-3-15-8(9-4)11-7(14)10-5(2)6(12)13/h3,5H,1-2H3,(H,12,13)(H2,9,10,11,14)/t5-/m1/s1. The molecule has 0 fully saturated rings. The lowest BCUT2D eigenvalue weighted by atomic mass is 10.3. The molecule has 7 heteroatoms. The summed E-state index contributed by atoms with van der Waals surface area (Å²) in [6.45, 7) is 3.19. The number of amides is 2. The number of hydrogen-bond acceptors (Lipinski definition) is 4. The van der Waals surface area contributed by atoms with Gasteiger partial charge in [0.1, 0.15) is 6.04 Å². The van der Waals surface area contributed by atoms with Crippen LogP contribution in [0, 0.1) is 6.92 Å². The maximum absolute atomic E-state index is 11.2. The van der Waals surface area contributed by atoms with Crippen molar-refractivity contribution < 1.29 is 14.7 Å². The molecule has 1 aromatic rings. The number of aliphatic carboxylic acids is 1. The van der Waals surface area contributed by atoms with Gasteiger partial charge in [-0.2, -0.15) is 0 Å². The van der Waals surface area contributed by atoms with Crippen molar-refractivity contribution in [2.24, 2.45) is 0 Å². The zero-order valence-corrected chi connectivity index (χ0v) is 9.09. The number of aryl methyl sites for hydroxylation is 1. The molecule has 0 bridgehead atoms. The van der Waals surface area contributed by atoms with E-state index in [9.17, 15) is 9.59 Å². The summed E-state index contributed by atoms with van der Waals surface area (Å²) in [5, 5.41) is 15.5. The summed E-state index contributed by atoms with van der Waals surface area (Å²) >= 11 is 1.28. The monoisotopic (exact) mass is 229 g/mol. The van der Waals surface area contributed by atoms with Crippen molar-refractivity contribution >= 4 is 28.5 Å².